The monoisotopic (exact) mass is 96.0 g/mol. The van der Waals surface area contributed by atoms with Gasteiger partial charge in [-0.25, -0.2) is 0 Å². The summed E-state index contributed by atoms with van der Waals surface area (Å²) >= 11 is 0. The number of nitrogens with zero attached hydrogens (tertiary/aromatic N) is 1. The summed E-state index contributed by atoms with van der Waals surface area (Å²) in [5.41, 5.74) is 0. The van der Waals surface area contributed by atoms with E-state index in [2.05, 4.69) is 0 Å². The fraction of sp³-hybridized carbons (Fsp3) is 0.667. The Hall–Kier alpha value is 0.470. The number of carbonyl (C=O) groups excluding carboxylic acids is 1. The van der Waals surface area contributed by atoms with Gasteiger partial charge in [-0.05, 0) is 0 Å². The third-order valence-corrected chi connectivity index (χ3v) is 0.211. The SMILES string of the molecule is CN(C)C=O.[Na]. The summed E-state index contributed by atoms with van der Waals surface area (Å²) in [6.45, 7) is 0. The van der Waals surface area contributed by atoms with E-state index in [-0.39, 0.29) is 29.6 Å². The molecule has 0 atom stereocenters. The van der Waals surface area contributed by atoms with Crippen LogP contribution in [0.5, 0.6) is 0 Å². The molecular formula is C3H7NNaO. The second-order valence-corrected chi connectivity index (χ2v) is 1.07. The van der Waals surface area contributed by atoms with Gasteiger partial charge in [0.1, 0.15) is 0 Å². The van der Waals surface area contributed by atoms with Gasteiger partial charge in [0.2, 0.25) is 6.41 Å². The van der Waals surface area contributed by atoms with Crippen LogP contribution in [0.4, 0.5) is 0 Å². The molecule has 0 bridgehead atoms. The molecular weight excluding hydrogens is 89.0 g/mol. The van der Waals surface area contributed by atoms with E-state index in [0.29, 0.717) is 0 Å². The van der Waals surface area contributed by atoms with Crippen molar-refractivity contribution in [3.05, 3.63) is 0 Å². The van der Waals surface area contributed by atoms with E-state index in [1.54, 1.807) is 14.1 Å². The largest absolute Gasteiger partial charge is 0.351 e. The quantitative estimate of drug-likeness (QED) is 0.313. The molecule has 2 nitrogen and oxygen atoms in total. The van der Waals surface area contributed by atoms with E-state index >= 15 is 0 Å². The molecule has 0 spiro atoms. The van der Waals surface area contributed by atoms with Gasteiger partial charge >= 0.3 is 0 Å². The minimum absolute atomic E-state index is 0. The topological polar surface area (TPSA) is 20.3 Å². The molecule has 0 aromatic carbocycles. The molecule has 0 unspecified atom stereocenters. The molecule has 0 aliphatic carbocycles. The van der Waals surface area contributed by atoms with E-state index in [9.17, 15) is 4.79 Å². The first kappa shape index (κ1) is 9.69. The summed E-state index contributed by atoms with van der Waals surface area (Å²) in [4.78, 5) is 10.9. The van der Waals surface area contributed by atoms with Crippen molar-refractivity contribution in [3.63, 3.8) is 0 Å². The summed E-state index contributed by atoms with van der Waals surface area (Å²) < 4.78 is 0. The third kappa shape index (κ3) is 8.82. The minimum atomic E-state index is 0. The van der Waals surface area contributed by atoms with E-state index in [4.69, 9.17) is 0 Å². The summed E-state index contributed by atoms with van der Waals surface area (Å²) in [6, 6.07) is 0. The van der Waals surface area contributed by atoms with Crippen molar-refractivity contribution in [1.82, 2.24) is 4.90 Å². The van der Waals surface area contributed by atoms with Crippen LogP contribution in [-0.2, 0) is 4.79 Å². The average Bonchev–Trinajstić information content (AvgIpc) is 1.38. The number of hydrogen-bond donors (Lipinski definition) is 0. The van der Waals surface area contributed by atoms with Crippen molar-refractivity contribution >= 4 is 36.0 Å². The van der Waals surface area contributed by atoms with Crippen molar-refractivity contribution in [3.8, 4) is 0 Å². The first-order chi connectivity index (χ1) is 2.27. The van der Waals surface area contributed by atoms with Gasteiger partial charge in [0.05, 0.1) is 0 Å². The van der Waals surface area contributed by atoms with Crippen LogP contribution in [0.3, 0.4) is 0 Å². The van der Waals surface area contributed by atoms with Crippen LogP contribution in [-0.4, -0.2) is 55.0 Å². The molecule has 0 aromatic heterocycles. The average molecular weight is 96.1 g/mol. The zero-order chi connectivity index (χ0) is 4.28. The molecule has 0 fully saturated rings. The first-order valence-corrected chi connectivity index (χ1v) is 1.39. The predicted molar refractivity (Wildman–Crippen MR) is 25.5 cm³/mol. The van der Waals surface area contributed by atoms with Gasteiger partial charge in [-0.1, -0.05) is 0 Å². The van der Waals surface area contributed by atoms with Gasteiger partial charge in [0, 0.05) is 43.7 Å². The van der Waals surface area contributed by atoms with Gasteiger partial charge < -0.3 is 4.90 Å². The van der Waals surface area contributed by atoms with Crippen molar-refractivity contribution in [1.29, 1.82) is 0 Å². The first-order valence-electron chi connectivity index (χ1n) is 1.39. The third-order valence-electron chi connectivity index (χ3n) is 0.211. The Kier molecular flexibility index (Phi) is 8.83. The van der Waals surface area contributed by atoms with E-state index < -0.39 is 0 Å². The smallest absolute Gasteiger partial charge is 0.209 e. The normalized spacial score (nSPS) is 5.67. The van der Waals surface area contributed by atoms with Crippen LogP contribution in [0.15, 0.2) is 0 Å². The molecule has 0 saturated heterocycles. The summed E-state index contributed by atoms with van der Waals surface area (Å²) in [5, 5.41) is 0. The van der Waals surface area contributed by atoms with E-state index in [1.165, 1.54) is 4.90 Å². The molecule has 1 amide bonds. The maximum Gasteiger partial charge on any atom is 0.209 e. The Balaban J connectivity index is 0. The molecule has 3 heteroatoms. The molecule has 0 heterocycles. The number of amides is 1. The standard InChI is InChI=1S/C3H7NO.Na/c1-4(2)3-5;/h3H,1-2H3;. The molecule has 1 radical (unpaired) electrons. The minimum Gasteiger partial charge on any atom is -0.351 e. The molecule has 0 aliphatic rings. The number of rotatable bonds is 1. The summed E-state index contributed by atoms with van der Waals surface area (Å²) in [7, 11) is 3.38. The maximum atomic E-state index is 9.43. The molecule has 0 aromatic rings. The van der Waals surface area contributed by atoms with Crippen molar-refractivity contribution in [2.75, 3.05) is 14.1 Å². The van der Waals surface area contributed by atoms with Gasteiger partial charge in [0.25, 0.3) is 0 Å². The van der Waals surface area contributed by atoms with Crippen LogP contribution in [0.2, 0.25) is 0 Å². The Labute approximate surface area is 59.8 Å². The Morgan fingerprint density at radius 2 is 1.67 bits per heavy atom. The molecule has 6 heavy (non-hydrogen) atoms. The van der Waals surface area contributed by atoms with Gasteiger partial charge in [-0.15, -0.1) is 0 Å². The number of carbonyl (C=O) groups is 1. The maximum absolute atomic E-state index is 9.43. The predicted octanol–water partition coefficient (Wildman–Crippen LogP) is -0.676. The Morgan fingerprint density at radius 3 is 1.67 bits per heavy atom. The fourth-order valence-corrected chi connectivity index (χ4v) is 0. The van der Waals surface area contributed by atoms with Crippen molar-refractivity contribution in [2.24, 2.45) is 0 Å². The molecule has 0 rings (SSSR count). The molecule has 0 saturated carbocycles. The van der Waals surface area contributed by atoms with Crippen molar-refractivity contribution in [2.45, 2.75) is 0 Å². The van der Waals surface area contributed by atoms with E-state index in [1.807, 2.05) is 0 Å². The number of hydrogen-bond acceptors (Lipinski definition) is 1. The molecule has 0 N–H and O–H groups in total. The van der Waals surface area contributed by atoms with Crippen LogP contribution in [0.25, 0.3) is 0 Å². The summed E-state index contributed by atoms with van der Waals surface area (Å²) in [5.74, 6) is 0. The van der Waals surface area contributed by atoms with Crippen LogP contribution in [0, 0.1) is 0 Å². The molecule has 0 aliphatic heterocycles. The van der Waals surface area contributed by atoms with E-state index in [0.717, 1.165) is 6.41 Å². The van der Waals surface area contributed by atoms with Gasteiger partial charge in [-0.3, -0.25) is 4.79 Å². The zero-order valence-electron chi connectivity index (χ0n) is 4.43. The van der Waals surface area contributed by atoms with Gasteiger partial charge in [0.15, 0.2) is 0 Å². The zero-order valence-corrected chi connectivity index (χ0v) is 6.43. The van der Waals surface area contributed by atoms with Crippen LogP contribution >= 0.6 is 0 Å². The fourth-order valence-electron chi connectivity index (χ4n) is 0. The summed E-state index contributed by atoms with van der Waals surface area (Å²) in [6.07, 6.45) is 0.750. The Morgan fingerprint density at radius 1 is 1.50 bits per heavy atom. The van der Waals surface area contributed by atoms with Crippen LogP contribution < -0.4 is 0 Å². The van der Waals surface area contributed by atoms with Crippen molar-refractivity contribution < 1.29 is 4.79 Å². The second kappa shape index (κ2) is 5.47. The van der Waals surface area contributed by atoms with Gasteiger partial charge in [-0.2, -0.15) is 0 Å². The Bertz CT molecular complexity index is 37.8. The molecule has 31 valence electrons. The second-order valence-electron chi connectivity index (χ2n) is 1.07. The van der Waals surface area contributed by atoms with Crippen LogP contribution in [0.1, 0.15) is 0 Å².